The summed E-state index contributed by atoms with van der Waals surface area (Å²) < 4.78 is 7.09. The molecule has 134 valence electrons. The fraction of sp³-hybridized carbons (Fsp3) is 0.182. The molecule has 0 saturated carbocycles. The van der Waals surface area contributed by atoms with Gasteiger partial charge in [-0.25, -0.2) is 0 Å². The predicted molar refractivity (Wildman–Crippen MR) is 112 cm³/mol. The van der Waals surface area contributed by atoms with Gasteiger partial charge in [-0.1, -0.05) is 70.0 Å². The van der Waals surface area contributed by atoms with E-state index in [9.17, 15) is 0 Å². The summed E-state index contributed by atoms with van der Waals surface area (Å²) >= 11 is 9.60. The Labute approximate surface area is 168 Å². The first kappa shape index (κ1) is 19.0. The van der Waals surface area contributed by atoms with Gasteiger partial charge in [0.15, 0.2) is 0 Å². The Morgan fingerprint density at radius 1 is 1.00 bits per heavy atom. The molecule has 3 aromatic rings. The first-order valence-corrected chi connectivity index (χ1v) is 9.73. The third-order valence-electron chi connectivity index (χ3n) is 4.20. The maximum atomic E-state index is 6.05. The molecular formula is C22H21BrClNO. The number of nitrogens with one attached hydrogen (secondary N) is 1. The van der Waals surface area contributed by atoms with Crippen LogP contribution < -0.4 is 10.1 Å². The average molecular weight is 431 g/mol. The highest BCUT2D eigenvalue weighted by atomic mass is 79.9. The van der Waals surface area contributed by atoms with Crippen molar-refractivity contribution < 1.29 is 4.74 Å². The minimum Gasteiger partial charge on any atom is -0.489 e. The van der Waals surface area contributed by atoms with Crippen LogP contribution in [0.2, 0.25) is 5.02 Å². The van der Waals surface area contributed by atoms with Gasteiger partial charge in [0, 0.05) is 27.6 Å². The molecule has 0 bridgehead atoms. The molecule has 3 aromatic carbocycles. The number of hydrogen-bond donors (Lipinski definition) is 1. The number of ether oxygens (including phenoxy) is 1. The van der Waals surface area contributed by atoms with E-state index in [1.54, 1.807) is 0 Å². The van der Waals surface area contributed by atoms with Crippen LogP contribution in [0.3, 0.4) is 0 Å². The molecule has 0 saturated heterocycles. The summed E-state index contributed by atoms with van der Waals surface area (Å²) in [5.74, 6) is 0.876. The number of halogens is 2. The van der Waals surface area contributed by atoms with Crippen LogP contribution >= 0.6 is 27.5 Å². The largest absolute Gasteiger partial charge is 0.489 e. The molecule has 0 amide bonds. The van der Waals surface area contributed by atoms with Gasteiger partial charge in [0.25, 0.3) is 0 Å². The zero-order valence-electron chi connectivity index (χ0n) is 14.6. The Kier molecular flexibility index (Phi) is 6.73. The summed E-state index contributed by atoms with van der Waals surface area (Å²) in [4.78, 5) is 0. The number of benzene rings is 3. The molecule has 0 aliphatic rings. The smallest absolute Gasteiger partial charge is 0.124 e. The molecule has 0 unspecified atom stereocenters. The van der Waals surface area contributed by atoms with Crippen molar-refractivity contribution in [2.24, 2.45) is 0 Å². The molecule has 2 nitrogen and oxygen atoms in total. The van der Waals surface area contributed by atoms with Gasteiger partial charge < -0.3 is 10.1 Å². The second kappa shape index (κ2) is 9.22. The van der Waals surface area contributed by atoms with Gasteiger partial charge in [0.1, 0.15) is 12.4 Å². The van der Waals surface area contributed by atoms with Gasteiger partial charge in [-0.2, -0.15) is 0 Å². The molecule has 0 aromatic heterocycles. The molecular weight excluding hydrogens is 410 g/mol. The maximum absolute atomic E-state index is 6.05. The quantitative estimate of drug-likeness (QED) is 0.460. The van der Waals surface area contributed by atoms with E-state index >= 15 is 0 Å². The summed E-state index contributed by atoms with van der Waals surface area (Å²) in [5, 5.41) is 4.29. The van der Waals surface area contributed by atoms with E-state index in [0.29, 0.717) is 6.61 Å². The fourth-order valence-corrected chi connectivity index (χ4v) is 3.36. The molecule has 26 heavy (non-hydrogen) atoms. The average Bonchev–Trinajstić information content (AvgIpc) is 2.66. The van der Waals surface area contributed by atoms with Gasteiger partial charge in [-0.05, 0) is 48.4 Å². The number of rotatable bonds is 7. The van der Waals surface area contributed by atoms with Crippen LogP contribution in [0.25, 0.3) is 0 Å². The lowest BCUT2D eigenvalue weighted by Crippen LogP contribution is -2.18. The van der Waals surface area contributed by atoms with Crippen LogP contribution in [0.1, 0.15) is 29.7 Å². The first-order valence-electron chi connectivity index (χ1n) is 8.56. The Hall–Kier alpha value is -1.81. The normalized spacial score (nSPS) is 12.0. The lowest BCUT2D eigenvalue weighted by molar-refractivity contribution is 0.301. The zero-order valence-corrected chi connectivity index (χ0v) is 16.9. The molecule has 0 aliphatic carbocycles. The lowest BCUT2D eigenvalue weighted by Gasteiger charge is -2.17. The molecule has 1 N–H and O–H groups in total. The Morgan fingerprint density at radius 3 is 2.58 bits per heavy atom. The van der Waals surface area contributed by atoms with Crippen LogP contribution in [0, 0.1) is 0 Å². The first-order chi connectivity index (χ1) is 12.6. The SMILES string of the molecule is C[C@H](NCc1cc(Br)ccc1OCc1cccc(Cl)c1)c1ccccc1. The van der Waals surface area contributed by atoms with E-state index in [4.69, 9.17) is 16.3 Å². The highest BCUT2D eigenvalue weighted by Crippen LogP contribution is 2.25. The van der Waals surface area contributed by atoms with Crippen LogP contribution in [-0.2, 0) is 13.2 Å². The van der Waals surface area contributed by atoms with Crippen molar-refractivity contribution in [2.75, 3.05) is 0 Å². The minimum absolute atomic E-state index is 0.260. The van der Waals surface area contributed by atoms with E-state index in [0.717, 1.165) is 32.9 Å². The van der Waals surface area contributed by atoms with E-state index in [1.165, 1.54) is 5.56 Å². The molecule has 0 fully saturated rings. The summed E-state index contributed by atoms with van der Waals surface area (Å²) in [7, 11) is 0. The molecule has 1 atom stereocenters. The lowest BCUT2D eigenvalue weighted by atomic mass is 10.1. The molecule has 0 spiro atoms. The summed E-state index contributed by atoms with van der Waals surface area (Å²) in [5.41, 5.74) is 3.44. The highest BCUT2D eigenvalue weighted by molar-refractivity contribution is 9.10. The van der Waals surface area contributed by atoms with Crippen LogP contribution in [0.4, 0.5) is 0 Å². The molecule has 4 heteroatoms. The number of hydrogen-bond acceptors (Lipinski definition) is 2. The van der Waals surface area contributed by atoms with Gasteiger partial charge in [0.05, 0.1) is 0 Å². The third-order valence-corrected chi connectivity index (χ3v) is 4.93. The van der Waals surface area contributed by atoms with E-state index in [2.05, 4.69) is 58.5 Å². The highest BCUT2D eigenvalue weighted by Gasteiger charge is 2.09. The van der Waals surface area contributed by atoms with E-state index in [-0.39, 0.29) is 6.04 Å². The second-order valence-corrected chi connectivity index (χ2v) is 7.54. The molecule has 3 rings (SSSR count). The van der Waals surface area contributed by atoms with Crippen molar-refractivity contribution >= 4 is 27.5 Å². The summed E-state index contributed by atoms with van der Waals surface area (Å²) in [6.45, 7) is 3.38. The Bertz CT molecular complexity index is 854. The van der Waals surface area contributed by atoms with Gasteiger partial charge in [-0.3, -0.25) is 0 Å². The Morgan fingerprint density at radius 2 is 1.81 bits per heavy atom. The van der Waals surface area contributed by atoms with Crippen molar-refractivity contribution in [3.63, 3.8) is 0 Å². The van der Waals surface area contributed by atoms with Crippen molar-refractivity contribution in [1.82, 2.24) is 5.32 Å². The van der Waals surface area contributed by atoms with Gasteiger partial charge in [0.2, 0.25) is 0 Å². The molecule has 0 aliphatic heterocycles. The summed E-state index contributed by atoms with van der Waals surface area (Å²) in [6.07, 6.45) is 0. The van der Waals surface area contributed by atoms with Gasteiger partial charge >= 0.3 is 0 Å². The molecule has 0 radical (unpaired) electrons. The van der Waals surface area contributed by atoms with Crippen molar-refractivity contribution in [3.8, 4) is 5.75 Å². The van der Waals surface area contributed by atoms with Crippen LogP contribution in [-0.4, -0.2) is 0 Å². The topological polar surface area (TPSA) is 21.3 Å². The van der Waals surface area contributed by atoms with Crippen molar-refractivity contribution in [2.45, 2.75) is 26.1 Å². The van der Waals surface area contributed by atoms with Crippen molar-refractivity contribution in [3.05, 3.63) is 99.0 Å². The molecule has 0 heterocycles. The monoisotopic (exact) mass is 429 g/mol. The minimum atomic E-state index is 0.260. The second-order valence-electron chi connectivity index (χ2n) is 6.18. The Balaban J connectivity index is 1.67. The summed E-state index contributed by atoms with van der Waals surface area (Å²) in [6, 6.07) is 24.5. The van der Waals surface area contributed by atoms with Gasteiger partial charge in [-0.15, -0.1) is 0 Å². The van der Waals surface area contributed by atoms with E-state index < -0.39 is 0 Å². The standard InChI is InChI=1S/C22H21BrClNO/c1-16(18-7-3-2-4-8-18)25-14-19-13-20(23)10-11-22(19)26-15-17-6-5-9-21(24)12-17/h2-13,16,25H,14-15H2,1H3/t16-/m0/s1. The van der Waals surface area contributed by atoms with Crippen LogP contribution in [0.15, 0.2) is 77.3 Å². The third kappa shape index (κ3) is 5.34. The predicted octanol–water partition coefficient (Wildman–Crippen LogP) is 6.53. The fourth-order valence-electron chi connectivity index (χ4n) is 2.74. The van der Waals surface area contributed by atoms with Crippen LogP contribution in [0.5, 0.6) is 5.75 Å². The van der Waals surface area contributed by atoms with E-state index in [1.807, 2.05) is 42.5 Å². The maximum Gasteiger partial charge on any atom is 0.124 e. The van der Waals surface area contributed by atoms with Crippen molar-refractivity contribution in [1.29, 1.82) is 0 Å². The zero-order chi connectivity index (χ0) is 18.4.